The van der Waals surface area contributed by atoms with Crippen LogP contribution >= 0.6 is 11.6 Å². The molecule has 0 radical (unpaired) electrons. The highest BCUT2D eigenvalue weighted by atomic mass is 35.5. The van der Waals surface area contributed by atoms with E-state index in [1.165, 1.54) is 16.7 Å². The molecule has 0 amide bonds. The van der Waals surface area contributed by atoms with Gasteiger partial charge in [0, 0.05) is 17.6 Å². The monoisotopic (exact) mass is 259 g/mol. The molecule has 2 aromatic rings. The van der Waals surface area contributed by atoms with Gasteiger partial charge in [0.05, 0.1) is 0 Å². The molecular weight excluding hydrogens is 242 g/mol. The summed E-state index contributed by atoms with van der Waals surface area (Å²) in [6.07, 6.45) is 0. The van der Waals surface area contributed by atoms with Gasteiger partial charge in [0.1, 0.15) is 0 Å². The van der Waals surface area contributed by atoms with Gasteiger partial charge in [-0.05, 0) is 37.1 Å². The van der Waals surface area contributed by atoms with Crippen molar-refractivity contribution >= 4 is 11.6 Å². The van der Waals surface area contributed by atoms with E-state index in [0.717, 1.165) is 11.6 Å². The van der Waals surface area contributed by atoms with E-state index in [1.807, 2.05) is 18.2 Å². The molecule has 0 spiro atoms. The fraction of sp³-hybridized carbons (Fsp3) is 0.250. The number of hydrogen-bond donors (Lipinski definition) is 1. The summed E-state index contributed by atoms with van der Waals surface area (Å²) in [6.45, 7) is 5.13. The van der Waals surface area contributed by atoms with Gasteiger partial charge in [0.25, 0.3) is 0 Å². The van der Waals surface area contributed by atoms with Crippen LogP contribution in [0.2, 0.25) is 5.02 Å². The van der Waals surface area contributed by atoms with Crippen LogP contribution < -0.4 is 5.32 Å². The van der Waals surface area contributed by atoms with Crippen LogP contribution in [0.5, 0.6) is 0 Å². The van der Waals surface area contributed by atoms with Crippen molar-refractivity contribution in [2.75, 3.05) is 0 Å². The Bertz CT molecular complexity index is 522. The normalized spacial score (nSPS) is 12.4. The first-order chi connectivity index (χ1) is 8.65. The zero-order chi connectivity index (χ0) is 13.0. The molecule has 0 aliphatic rings. The van der Waals surface area contributed by atoms with E-state index in [9.17, 15) is 0 Å². The number of rotatable bonds is 4. The van der Waals surface area contributed by atoms with Gasteiger partial charge in [-0.1, -0.05) is 53.6 Å². The van der Waals surface area contributed by atoms with Crippen molar-refractivity contribution in [3.05, 3.63) is 70.2 Å². The van der Waals surface area contributed by atoms with Crippen LogP contribution in [0.25, 0.3) is 0 Å². The molecule has 0 aliphatic heterocycles. The largest absolute Gasteiger partial charge is 0.306 e. The van der Waals surface area contributed by atoms with E-state index in [-0.39, 0.29) is 0 Å². The van der Waals surface area contributed by atoms with E-state index in [2.05, 4.69) is 49.5 Å². The molecule has 94 valence electrons. The molecule has 0 fully saturated rings. The topological polar surface area (TPSA) is 12.0 Å². The maximum atomic E-state index is 5.97. The smallest absolute Gasteiger partial charge is 0.0409 e. The number of benzene rings is 2. The predicted octanol–water partition coefficient (Wildman–Crippen LogP) is 4.50. The molecule has 2 aromatic carbocycles. The van der Waals surface area contributed by atoms with Gasteiger partial charge in [-0.2, -0.15) is 0 Å². The zero-order valence-electron chi connectivity index (χ0n) is 10.8. The van der Waals surface area contributed by atoms with E-state index >= 15 is 0 Å². The average Bonchev–Trinajstić information content (AvgIpc) is 2.36. The van der Waals surface area contributed by atoms with E-state index < -0.39 is 0 Å². The first kappa shape index (κ1) is 13.1. The Morgan fingerprint density at radius 1 is 1.11 bits per heavy atom. The Labute approximate surface area is 114 Å². The summed E-state index contributed by atoms with van der Waals surface area (Å²) < 4.78 is 0. The van der Waals surface area contributed by atoms with Crippen molar-refractivity contribution in [1.82, 2.24) is 5.32 Å². The molecule has 2 heteroatoms. The summed E-state index contributed by atoms with van der Waals surface area (Å²) in [7, 11) is 0. The third-order valence-electron chi connectivity index (χ3n) is 3.04. The fourth-order valence-electron chi connectivity index (χ4n) is 1.98. The standard InChI is InChI=1S/C16H18ClN/c1-12-5-3-7-15(9-12)13(2)18-11-14-6-4-8-16(17)10-14/h3-10,13,18H,11H2,1-2H3/t13-/m0/s1. The lowest BCUT2D eigenvalue weighted by molar-refractivity contribution is 0.574. The highest BCUT2D eigenvalue weighted by molar-refractivity contribution is 6.30. The van der Waals surface area contributed by atoms with Crippen molar-refractivity contribution in [2.24, 2.45) is 0 Å². The molecule has 0 bridgehead atoms. The van der Waals surface area contributed by atoms with Gasteiger partial charge < -0.3 is 5.32 Å². The van der Waals surface area contributed by atoms with Crippen LogP contribution in [0.15, 0.2) is 48.5 Å². The van der Waals surface area contributed by atoms with Crippen molar-refractivity contribution in [3.63, 3.8) is 0 Å². The lowest BCUT2D eigenvalue weighted by Crippen LogP contribution is -2.18. The van der Waals surface area contributed by atoms with Crippen LogP contribution in [-0.2, 0) is 6.54 Å². The van der Waals surface area contributed by atoms with Gasteiger partial charge in [-0.3, -0.25) is 0 Å². The summed E-state index contributed by atoms with van der Waals surface area (Å²) in [4.78, 5) is 0. The molecule has 2 rings (SSSR count). The van der Waals surface area contributed by atoms with Crippen LogP contribution in [0.3, 0.4) is 0 Å². The summed E-state index contributed by atoms with van der Waals surface area (Å²) in [5.41, 5.74) is 3.82. The first-order valence-electron chi connectivity index (χ1n) is 6.19. The van der Waals surface area contributed by atoms with Gasteiger partial charge >= 0.3 is 0 Å². The lowest BCUT2D eigenvalue weighted by Gasteiger charge is -2.15. The van der Waals surface area contributed by atoms with E-state index in [4.69, 9.17) is 11.6 Å². The summed E-state index contributed by atoms with van der Waals surface area (Å²) in [6, 6.07) is 16.9. The van der Waals surface area contributed by atoms with Gasteiger partial charge in [0.2, 0.25) is 0 Å². The maximum Gasteiger partial charge on any atom is 0.0409 e. The molecule has 0 heterocycles. The minimum absolute atomic E-state index is 0.337. The van der Waals surface area contributed by atoms with Crippen molar-refractivity contribution in [3.8, 4) is 0 Å². The summed E-state index contributed by atoms with van der Waals surface area (Å²) in [5.74, 6) is 0. The second-order valence-electron chi connectivity index (χ2n) is 4.65. The quantitative estimate of drug-likeness (QED) is 0.853. The Hall–Kier alpha value is -1.31. The number of hydrogen-bond acceptors (Lipinski definition) is 1. The van der Waals surface area contributed by atoms with Gasteiger partial charge in [-0.25, -0.2) is 0 Å². The van der Waals surface area contributed by atoms with Crippen LogP contribution in [0.4, 0.5) is 0 Å². The SMILES string of the molecule is Cc1cccc([C@H](C)NCc2cccc(Cl)c2)c1. The molecule has 1 atom stereocenters. The Morgan fingerprint density at radius 2 is 1.89 bits per heavy atom. The van der Waals surface area contributed by atoms with Crippen LogP contribution in [-0.4, -0.2) is 0 Å². The second kappa shape index (κ2) is 6.03. The van der Waals surface area contributed by atoms with Crippen LogP contribution in [0, 0.1) is 6.92 Å². The minimum atomic E-state index is 0.337. The third kappa shape index (κ3) is 3.59. The number of aryl methyl sites for hydroxylation is 1. The number of nitrogens with one attached hydrogen (secondary N) is 1. The molecular formula is C16H18ClN. The molecule has 0 aliphatic carbocycles. The highest BCUT2D eigenvalue weighted by Gasteiger charge is 2.04. The van der Waals surface area contributed by atoms with Crippen molar-refractivity contribution in [1.29, 1.82) is 0 Å². The van der Waals surface area contributed by atoms with E-state index in [1.54, 1.807) is 0 Å². The van der Waals surface area contributed by atoms with Gasteiger partial charge in [-0.15, -0.1) is 0 Å². The molecule has 0 saturated heterocycles. The third-order valence-corrected chi connectivity index (χ3v) is 3.28. The zero-order valence-corrected chi connectivity index (χ0v) is 11.5. The van der Waals surface area contributed by atoms with Crippen molar-refractivity contribution < 1.29 is 0 Å². The lowest BCUT2D eigenvalue weighted by atomic mass is 10.1. The number of halogens is 1. The molecule has 0 aromatic heterocycles. The van der Waals surface area contributed by atoms with Gasteiger partial charge in [0.15, 0.2) is 0 Å². The van der Waals surface area contributed by atoms with Crippen molar-refractivity contribution in [2.45, 2.75) is 26.4 Å². The fourth-order valence-corrected chi connectivity index (χ4v) is 2.19. The predicted molar refractivity (Wildman–Crippen MR) is 77.9 cm³/mol. The Morgan fingerprint density at radius 3 is 2.61 bits per heavy atom. The first-order valence-corrected chi connectivity index (χ1v) is 6.57. The molecule has 1 N–H and O–H groups in total. The second-order valence-corrected chi connectivity index (χ2v) is 5.08. The molecule has 0 unspecified atom stereocenters. The maximum absolute atomic E-state index is 5.97. The average molecular weight is 260 g/mol. The summed E-state index contributed by atoms with van der Waals surface area (Å²) >= 11 is 5.97. The highest BCUT2D eigenvalue weighted by Crippen LogP contribution is 2.15. The summed E-state index contributed by atoms with van der Waals surface area (Å²) in [5, 5.41) is 4.30. The molecule has 18 heavy (non-hydrogen) atoms. The Balaban J connectivity index is 1.98. The Kier molecular flexibility index (Phi) is 4.40. The molecule has 0 saturated carbocycles. The van der Waals surface area contributed by atoms with E-state index in [0.29, 0.717) is 6.04 Å². The minimum Gasteiger partial charge on any atom is -0.306 e. The van der Waals surface area contributed by atoms with Crippen LogP contribution in [0.1, 0.15) is 29.7 Å². The molecule has 1 nitrogen and oxygen atoms in total.